The van der Waals surface area contributed by atoms with Crippen LogP contribution >= 0.6 is 0 Å². The van der Waals surface area contributed by atoms with Crippen LogP contribution in [0.25, 0.3) is 0 Å². The molecule has 0 radical (unpaired) electrons. The van der Waals surface area contributed by atoms with Crippen LogP contribution in [0.4, 0.5) is 4.79 Å². The Morgan fingerprint density at radius 1 is 1.38 bits per heavy atom. The summed E-state index contributed by atoms with van der Waals surface area (Å²) in [5, 5.41) is 12.6. The molecule has 0 aromatic heterocycles. The number of ether oxygens (including phenoxy) is 1. The standard InChI is InChI=1S/C19H25N3O4/c1-19(2,3)26-18(25)21-9-11-4-5-12-6-7-22(10-13(12)8-11)15-14(20)16(23)17(15)24/h4-5,8,17,24H,6-7,9-10,20H2,1-3H3,(H,21,25). The fourth-order valence-corrected chi connectivity index (χ4v) is 3.22. The summed E-state index contributed by atoms with van der Waals surface area (Å²) in [5.41, 5.74) is 9.17. The molecule has 0 spiro atoms. The van der Waals surface area contributed by atoms with Gasteiger partial charge in [0, 0.05) is 19.6 Å². The van der Waals surface area contributed by atoms with Crippen LogP contribution in [0.15, 0.2) is 29.6 Å². The van der Waals surface area contributed by atoms with E-state index in [1.807, 2.05) is 37.8 Å². The van der Waals surface area contributed by atoms with Gasteiger partial charge in [0.2, 0.25) is 5.78 Å². The van der Waals surface area contributed by atoms with Gasteiger partial charge in [0.25, 0.3) is 0 Å². The van der Waals surface area contributed by atoms with Crippen molar-refractivity contribution in [2.75, 3.05) is 6.54 Å². The van der Waals surface area contributed by atoms with E-state index >= 15 is 0 Å². The summed E-state index contributed by atoms with van der Waals surface area (Å²) in [6.45, 7) is 7.12. The summed E-state index contributed by atoms with van der Waals surface area (Å²) in [6.07, 6.45) is -0.744. The van der Waals surface area contributed by atoms with E-state index in [9.17, 15) is 14.7 Å². The molecule has 1 aromatic rings. The van der Waals surface area contributed by atoms with E-state index < -0.39 is 23.6 Å². The number of aliphatic hydroxyl groups excluding tert-OH is 1. The van der Waals surface area contributed by atoms with Crippen LogP contribution in [-0.2, 0) is 29.0 Å². The summed E-state index contributed by atoms with van der Waals surface area (Å²) in [5.74, 6) is -0.402. The molecule has 1 aromatic carbocycles. The second-order valence-electron chi connectivity index (χ2n) is 7.70. The minimum absolute atomic E-state index is 0.156. The van der Waals surface area contributed by atoms with Crippen LogP contribution < -0.4 is 11.1 Å². The average Bonchev–Trinajstić information content (AvgIpc) is 2.58. The maximum absolute atomic E-state index is 11.8. The third-order valence-corrected chi connectivity index (χ3v) is 4.51. The molecule has 1 aliphatic heterocycles. The molecule has 1 amide bonds. The van der Waals surface area contributed by atoms with E-state index in [0.717, 1.165) is 17.5 Å². The van der Waals surface area contributed by atoms with E-state index in [4.69, 9.17) is 10.5 Å². The van der Waals surface area contributed by atoms with Gasteiger partial charge in [-0.1, -0.05) is 18.2 Å². The first kappa shape index (κ1) is 18.3. The normalized spacial score (nSPS) is 19.8. The number of benzene rings is 1. The quantitative estimate of drug-likeness (QED) is 0.749. The topological polar surface area (TPSA) is 105 Å². The van der Waals surface area contributed by atoms with Crippen molar-refractivity contribution < 1.29 is 19.4 Å². The lowest BCUT2D eigenvalue weighted by Gasteiger charge is -2.39. The molecular weight excluding hydrogens is 334 g/mol. The number of nitrogens with zero attached hydrogens (tertiary/aromatic N) is 1. The lowest BCUT2D eigenvalue weighted by atomic mass is 9.90. The van der Waals surface area contributed by atoms with Crippen molar-refractivity contribution in [3.63, 3.8) is 0 Å². The van der Waals surface area contributed by atoms with Crippen molar-refractivity contribution in [2.24, 2.45) is 5.73 Å². The fraction of sp³-hybridized carbons (Fsp3) is 0.474. The molecule has 1 aliphatic carbocycles. The molecule has 2 aliphatic rings. The number of hydrogen-bond acceptors (Lipinski definition) is 6. The third-order valence-electron chi connectivity index (χ3n) is 4.51. The number of rotatable bonds is 3. The molecule has 0 bridgehead atoms. The van der Waals surface area contributed by atoms with E-state index in [2.05, 4.69) is 11.4 Å². The Morgan fingerprint density at radius 3 is 2.77 bits per heavy atom. The second-order valence-corrected chi connectivity index (χ2v) is 7.70. The number of alkyl carbamates (subject to hydrolysis) is 1. The van der Waals surface area contributed by atoms with E-state index in [1.54, 1.807) is 0 Å². The minimum Gasteiger partial charge on any atom is -0.444 e. The Labute approximate surface area is 152 Å². The molecule has 1 atom stereocenters. The van der Waals surface area contributed by atoms with Gasteiger partial charge >= 0.3 is 6.09 Å². The third kappa shape index (κ3) is 3.67. The smallest absolute Gasteiger partial charge is 0.407 e. The van der Waals surface area contributed by atoms with Crippen LogP contribution in [0, 0.1) is 0 Å². The summed E-state index contributed by atoms with van der Waals surface area (Å²) < 4.78 is 5.24. The molecule has 4 N–H and O–H groups in total. The molecule has 140 valence electrons. The van der Waals surface area contributed by atoms with Gasteiger partial charge < -0.3 is 25.8 Å². The monoisotopic (exact) mass is 359 g/mol. The first-order valence-electron chi connectivity index (χ1n) is 8.70. The van der Waals surface area contributed by atoms with Crippen molar-refractivity contribution in [1.82, 2.24) is 10.2 Å². The number of hydrogen-bond donors (Lipinski definition) is 3. The molecule has 0 saturated heterocycles. The Bertz CT molecular complexity index is 779. The van der Waals surface area contributed by atoms with Gasteiger partial charge in [-0.15, -0.1) is 0 Å². The van der Waals surface area contributed by atoms with Gasteiger partial charge in [-0.2, -0.15) is 0 Å². The van der Waals surface area contributed by atoms with Crippen LogP contribution in [0.5, 0.6) is 0 Å². The van der Waals surface area contributed by atoms with E-state index in [0.29, 0.717) is 25.3 Å². The molecule has 0 saturated carbocycles. The first-order valence-corrected chi connectivity index (χ1v) is 8.70. The lowest BCUT2D eigenvalue weighted by molar-refractivity contribution is -0.126. The van der Waals surface area contributed by atoms with Gasteiger partial charge in [-0.3, -0.25) is 4.79 Å². The predicted molar refractivity (Wildman–Crippen MR) is 95.9 cm³/mol. The van der Waals surface area contributed by atoms with Gasteiger partial charge in [0.05, 0.1) is 5.70 Å². The number of nitrogens with two attached hydrogens (primary N) is 1. The van der Waals surface area contributed by atoms with Crippen molar-refractivity contribution in [1.29, 1.82) is 0 Å². The largest absolute Gasteiger partial charge is 0.444 e. The van der Waals surface area contributed by atoms with Crippen molar-refractivity contribution >= 4 is 11.9 Å². The molecular formula is C19H25N3O4. The summed E-state index contributed by atoms with van der Waals surface area (Å²) >= 11 is 0. The zero-order chi connectivity index (χ0) is 19.1. The minimum atomic E-state index is -1.10. The molecule has 7 heteroatoms. The fourth-order valence-electron chi connectivity index (χ4n) is 3.22. The highest BCUT2D eigenvalue weighted by Gasteiger charge is 2.40. The number of carbonyl (C=O) groups is 2. The Morgan fingerprint density at radius 2 is 2.12 bits per heavy atom. The average molecular weight is 359 g/mol. The molecule has 7 nitrogen and oxygen atoms in total. The van der Waals surface area contributed by atoms with Gasteiger partial charge in [0.15, 0.2) is 6.10 Å². The lowest BCUT2D eigenvalue weighted by Crippen LogP contribution is -2.49. The summed E-state index contributed by atoms with van der Waals surface area (Å²) in [6, 6.07) is 6.07. The zero-order valence-corrected chi connectivity index (χ0v) is 15.3. The maximum atomic E-state index is 11.8. The maximum Gasteiger partial charge on any atom is 0.407 e. The molecule has 1 heterocycles. The zero-order valence-electron chi connectivity index (χ0n) is 15.3. The molecule has 0 fully saturated rings. The number of carbonyl (C=O) groups excluding carboxylic acids is 2. The Kier molecular flexibility index (Phi) is 4.66. The predicted octanol–water partition coefficient (Wildman–Crippen LogP) is 1.18. The summed E-state index contributed by atoms with van der Waals surface area (Å²) in [7, 11) is 0. The van der Waals surface area contributed by atoms with Crippen molar-refractivity contribution in [3.05, 3.63) is 46.3 Å². The molecule has 26 heavy (non-hydrogen) atoms. The Balaban J connectivity index is 1.66. The van der Waals surface area contributed by atoms with Gasteiger partial charge in [-0.05, 0) is 43.9 Å². The number of nitrogens with one attached hydrogen (secondary N) is 1. The Hall–Kier alpha value is -2.54. The summed E-state index contributed by atoms with van der Waals surface area (Å²) in [4.78, 5) is 25.2. The highest BCUT2D eigenvalue weighted by molar-refractivity contribution is 6.07. The number of fused-ring (bicyclic) bond motifs is 1. The van der Waals surface area contributed by atoms with Crippen molar-refractivity contribution in [3.8, 4) is 0 Å². The number of Topliss-reactive ketones (excluding diaryl/α,β-unsaturated/α-hetero) is 1. The molecule has 1 unspecified atom stereocenters. The van der Waals surface area contributed by atoms with Crippen LogP contribution in [0.1, 0.15) is 37.5 Å². The van der Waals surface area contributed by atoms with E-state index in [1.165, 1.54) is 5.56 Å². The SMILES string of the molecule is CC(C)(C)OC(=O)NCc1ccc2c(c1)CN(C1=C(N)C(=O)C1O)CC2. The van der Waals surface area contributed by atoms with E-state index in [-0.39, 0.29) is 5.70 Å². The van der Waals surface area contributed by atoms with Gasteiger partial charge in [-0.25, -0.2) is 4.79 Å². The van der Waals surface area contributed by atoms with Crippen LogP contribution in [-0.4, -0.2) is 40.1 Å². The number of amides is 1. The number of ketones is 1. The first-order chi connectivity index (χ1) is 12.2. The number of aliphatic hydroxyl groups is 1. The van der Waals surface area contributed by atoms with Gasteiger partial charge in [0.1, 0.15) is 11.3 Å². The highest BCUT2D eigenvalue weighted by Crippen LogP contribution is 2.30. The highest BCUT2D eigenvalue weighted by atomic mass is 16.6. The van der Waals surface area contributed by atoms with Crippen LogP contribution in [0.3, 0.4) is 0 Å². The second kappa shape index (κ2) is 6.64. The van der Waals surface area contributed by atoms with Crippen molar-refractivity contribution in [2.45, 2.75) is 52.0 Å². The molecule has 3 rings (SSSR count). The van der Waals surface area contributed by atoms with Crippen LogP contribution in [0.2, 0.25) is 0 Å².